The van der Waals surface area contributed by atoms with Crippen LogP contribution in [0, 0.1) is 11.6 Å². The van der Waals surface area contributed by atoms with E-state index in [2.05, 4.69) is 0 Å². The number of benzene rings is 1. The third-order valence-corrected chi connectivity index (χ3v) is 1.74. The standard InChI is InChI=1S/C9H8F2O2/c10-7-2-1-3-8(9(7)11)13-5-6-4-12-6/h1-3,6H,4-5H2/t6-/m1/s1. The van der Waals surface area contributed by atoms with Crippen molar-refractivity contribution in [3.8, 4) is 5.75 Å². The molecule has 0 N–H and O–H groups in total. The maximum atomic E-state index is 12.9. The predicted molar refractivity (Wildman–Crippen MR) is 41.6 cm³/mol. The van der Waals surface area contributed by atoms with E-state index in [1.165, 1.54) is 12.1 Å². The molecule has 0 radical (unpaired) electrons. The van der Waals surface area contributed by atoms with Gasteiger partial charge in [-0.25, -0.2) is 4.39 Å². The van der Waals surface area contributed by atoms with Crippen molar-refractivity contribution in [1.29, 1.82) is 0 Å². The van der Waals surface area contributed by atoms with Crippen LogP contribution in [-0.2, 0) is 4.74 Å². The summed E-state index contributed by atoms with van der Waals surface area (Å²) in [6.45, 7) is 0.914. The van der Waals surface area contributed by atoms with Crippen LogP contribution in [0.4, 0.5) is 8.78 Å². The minimum absolute atomic E-state index is 0.0441. The number of hydrogen-bond acceptors (Lipinski definition) is 2. The molecule has 0 spiro atoms. The van der Waals surface area contributed by atoms with Gasteiger partial charge < -0.3 is 9.47 Å². The zero-order chi connectivity index (χ0) is 9.26. The highest BCUT2D eigenvalue weighted by molar-refractivity contribution is 5.25. The normalized spacial score (nSPS) is 20.0. The highest BCUT2D eigenvalue weighted by atomic mass is 19.2. The van der Waals surface area contributed by atoms with E-state index < -0.39 is 11.6 Å². The lowest BCUT2D eigenvalue weighted by Gasteiger charge is -2.04. The average molecular weight is 186 g/mol. The number of hydrogen-bond donors (Lipinski definition) is 0. The zero-order valence-corrected chi connectivity index (χ0v) is 6.80. The van der Waals surface area contributed by atoms with Crippen molar-refractivity contribution in [2.45, 2.75) is 6.10 Å². The molecular formula is C9H8F2O2. The number of rotatable bonds is 3. The Kier molecular flexibility index (Phi) is 2.14. The molecule has 13 heavy (non-hydrogen) atoms. The van der Waals surface area contributed by atoms with Crippen molar-refractivity contribution in [1.82, 2.24) is 0 Å². The highest BCUT2D eigenvalue weighted by Crippen LogP contribution is 2.20. The molecule has 1 aromatic rings. The van der Waals surface area contributed by atoms with Crippen LogP contribution in [0.1, 0.15) is 0 Å². The summed E-state index contributed by atoms with van der Waals surface area (Å²) in [6.07, 6.45) is 0.0441. The average Bonchev–Trinajstić information content (AvgIpc) is 2.91. The summed E-state index contributed by atoms with van der Waals surface area (Å²) in [5.74, 6) is -1.90. The fraction of sp³-hybridized carbons (Fsp3) is 0.333. The lowest BCUT2D eigenvalue weighted by atomic mass is 10.3. The molecule has 70 valence electrons. The summed E-state index contributed by atoms with van der Waals surface area (Å²) < 4.78 is 35.4. The van der Waals surface area contributed by atoms with Crippen molar-refractivity contribution < 1.29 is 18.3 Å². The molecule has 4 heteroatoms. The van der Waals surface area contributed by atoms with Crippen LogP contribution < -0.4 is 4.74 Å². The molecular weight excluding hydrogens is 178 g/mol. The fourth-order valence-corrected chi connectivity index (χ4v) is 0.942. The summed E-state index contributed by atoms with van der Waals surface area (Å²) >= 11 is 0. The number of halogens is 2. The van der Waals surface area contributed by atoms with Gasteiger partial charge in [-0.1, -0.05) is 6.07 Å². The van der Waals surface area contributed by atoms with Crippen LogP contribution in [0.3, 0.4) is 0 Å². The van der Waals surface area contributed by atoms with E-state index in [4.69, 9.17) is 9.47 Å². The Labute approximate surface area is 74.1 Å². The van der Waals surface area contributed by atoms with Gasteiger partial charge in [-0.15, -0.1) is 0 Å². The van der Waals surface area contributed by atoms with Gasteiger partial charge in [0.25, 0.3) is 0 Å². The molecule has 0 aromatic heterocycles. The second kappa shape index (κ2) is 3.30. The van der Waals surface area contributed by atoms with Crippen molar-refractivity contribution in [3.05, 3.63) is 29.8 Å². The third kappa shape index (κ3) is 1.95. The molecule has 0 amide bonds. The van der Waals surface area contributed by atoms with Gasteiger partial charge in [-0.2, -0.15) is 4.39 Å². The van der Waals surface area contributed by atoms with Crippen molar-refractivity contribution in [2.24, 2.45) is 0 Å². The van der Waals surface area contributed by atoms with Crippen molar-refractivity contribution in [2.75, 3.05) is 13.2 Å². The first-order valence-corrected chi connectivity index (χ1v) is 3.96. The Morgan fingerprint density at radius 1 is 1.46 bits per heavy atom. The largest absolute Gasteiger partial charge is 0.488 e. The number of epoxide rings is 1. The van der Waals surface area contributed by atoms with E-state index in [-0.39, 0.29) is 18.5 Å². The van der Waals surface area contributed by atoms with E-state index in [1.807, 2.05) is 0 Å². The molecule has 0 aliphatic carbocycles. The first-order chi connectivity index (χ1) is 6.27. The van der Waals surface area contributed by atoms with E-state index in [9.17, 15) is 8.78 Å². The van der Waals surface area contributed by atoms with Gasteiger partial charge in [0.15, 0.2) is 11.6 Å². The van der Waals surface area contributed by atoms with Crippen LogP contribution in [-0.4, -0.2) is 19.3 Å². The Morgan fingerprint density at radius 3 is 2.92 bits per heavy atom. The summed E-state index contributed by atoms with van der Waals surface area (Å²) in [7, 11) is 0. The van der Waals surface area contributed by atoms with E-state index >= 15 is 0 Å². The second-order valence-electron chi connectivity index (χ2n) is 2.82. The summed E-state index contributed by atoms with van der Waals surface area (Å²) in [6, 6.07) is 3.85. The van der Waals surface area contributed by atoms with Crippen LogP contribution in [0.25, 0.3) is 0 Å². The molecule has 1 heterocycles. The van der Waals surface area contributed by atoms with E-state index in [1.54, 1.807) is 0 Å². The monoisotopic (exact) mass is 186 g/mol. The van der Waals surface area contributed by atoms with Crippen molar-refractivity contribution in [3.63, 3.8) is 0 Å². The summed E-state index contributed by atoms with van der Waals surface area (Å²) in [4.78, 5) is 0. The van der Waals surface area contributed by atoms with Gasteiger partial charge in [0, 0.05) is 0 Å². The van der Waals surface area contributed by atoms with Gasteiger partial charge in [-0.3, -0.25) is 0 Å². The summed E-state index contributed by atoms with van der Waals surface area (Å²) in [5, 5.41) is 0. The predicted octanol–water partition coefficient (Wildman–Crippen LogP) is 1.74. The Bertz CT molecular complexity index is 310. The minimum Gasteiger partial charge on any atom is -0.488 e. The van der Waals surface area contributed by atoms with Gasteiger partial charge in [0.2, 0.25) is 5.82 Å². The molecule has 2 nitrogen and oxygen atoms in total. The molecule has 0 bridgehead atoms. The molecule has 1 atom stereocenters. The van der Waals surface area contributed by atoms with E-state index in [0.717, 1.165) is 6.07 Å². The van der Waals surface area contributed by atoms with Gasteiger partial charge in [0.05, 0.1) is 6.61 Å². The minimum atomic E-state index is -0.942. The quantitative estimate of drug-likeness (QED) is 0.670. The lowest BCUT2D eigenvalue weighted by molar-refractivity contribution is 0.251. The molecule has 1 aliphatic rings. The SMILES string of the molecule is Fc1cccc(OC[C@H]2CO2)c1F. The third-order valence-electron chi connectivity index (χ3n) is 1.74. The maximum absolute atomic E-state index is 12.9. The highest BCUT2D eigenvalue weighted by Gasteiger charge is 2.23. The van der Waals surface area contributed by atoms with Crippen LogP contribution >= 0.6 is 0 Å². The fourth-order valence-electron chi connectivity index (χ4n) is 0.942. The van der Waals surface area contributed by atoms with Gasteiger partial charge in [0.1, 0.15) is 12.7 Å². The number of ether oxygens (including phenoxy) is 2. The molecule has 1 saturated heterocycles. The van der Waals surface area contributed by atoms with Crippen LogP contribution in [0.5, 0.6) is 5.75 Å². The smallest absolute Gasteiger partial charge is 0.200 e. The van der Waals surface area contributed by atoms with Crippen LogP contribution in [0.2, 0.25) is 0 Å². The molecule has 2 rings (SSSR count). The first kappa shape index (κ1) is 8.44. The molecule has 0 saturated carbocycles. The summed E-state index contributed by atoms with van der Waals surface area (Å²) in [5.41, 5.74) is 0. The second-order valence-corrected chi connectivity index (χ2v) is 2.82. The van der Waals surface area contributed by atoms with Gasteiger partial charge in [-0.05, 0) is 12.1 Å². The lowest BCUT2D eigenvalue weighted by Crippen LogP contribution is -2.05. The van der Waals surface area contributed by atoms with E-state index in [0.29, 0.717) is 6.61 Å². The van der Waals surface area contributed by atoms with Crippen molar-refractivity contribution >= 4 is 0 Å². The molecule has 1 fully saturated rings. The molecule has 0 unspecified atom stereocenters. The first-order valence-electron chi connectivity index (χ1n) is 3.96. The Morgan fingerprint density at radius 2 is 2.23 bits per heavy atom. The molecule has 1 aromatic carbocycles. The van der Waals surface area contributed by atoms with Gasteiger partial charge >= 0.3 is 0 Å². The molecule has 1 aliphatic heterocycles. The maximum Gasteiger partial charge on any atom is 0.200 e. The Balaban J connectivity index is 2.05. The van der Waals surface area contributed by atoms with Crippen LogP contribution in [0.15, 0.2) is 18.2 Å². The Hall–Kier alpha value is -1.16. The zero-order valence-electron chi connectivity index (χ0n) is 6.80. The topological polar surface area (TPSA) is 21.8 Å².